The number of alkyl halides is 3. The van der Waals surface area contributed by atoms with E-state index in [1.165, 1.54) is 38.1 Å². The van der Waals surface area contributed by atoms with E-state index in [1.807, 2.05) is 0 Å². The van der Waals surface area contributed by atoms with Gasteiger partial charge in [0.2, 0.25) is 0 Å². The van der Waals surface area contributed by atoms with Gasteiger partial charge in [0, 0.05) is 81.9 Å². The number of thiophene rings is 2. The topological polar surface area (TPSA) is 191 Å². The number of anilines is 1. The third kappa shape index (κ3) is 12.4. The molecule has 64 heavy (non-hydrogen) atoms. The number of rotatable bonds is 13. The van der Waals surface area contributed by atoms with Gasteiger partial charge in [0.25, 0.3) is 41.7 Å². The maximum absolute atomic E-state index is 13.1. The summed E-state index contributed by atoms with van der Waals surface area (Å²) in [6.45, 7) is 3.04. The van der Waals surface area contributed by atoms with Crippen LogP contribution in [-0.4, -0.2) is 96.5 Å². The highest BCUT2D eigenvalue weighted by Crippen LogP contribution is 2.33. The first-order valence-electron chi connectivity index (χ1n) is 19.4. The first kappa shape index (κ1) is 49.3. The summed E-state index contributed by atoms with van der Waals surface area (Å²) in [5.74, 6) is -0.544. The first-order chi connectivity index (χ1) is 30.2. The van der Waals surface area contributed by atoms with Crippen molar-refractivity contribution in [3.8, 4) is 0 Å². The molecule has 0 aliphatic carbocycles. The molecular weight excluding hydrogens is 981 g/mol. The number of benzene rings is 3. The fourth-order valence-electron chi connectivity index (χ4n) is 6.43. The molecule has 2 aliphatic heterocycles. The third-order valence-corrected chi connectivity index (χ3v) is 18.8. The van der Waals surface area contributed by atoms with Crippen LogP contribution in [0.25, 0.3) is 0 Å². The number of carbonyl (C=O) groups excluding carboxylic acids is 2. The Bertz CT molecular complexity index is 2760. The summed E-state index contributed by atoms with van der Waals surface area (Å²) in [7, 11) is -12.7. The van der Waals surface area contributed by atoms with Crippen LogP contribution in [0, 0.1) is 0 Å². The van der Waals surface area contributed by atoms with Crippen molar-refractivity contribution in [1.82, 2.24) is 24.6 Å². The Morgan fingerprint density at radius 2 is 1.11 bits per heavy atom. The van der Waals surface area contributed by atoms with Crippen LogP contribution in [0.4, 0.5) is 18.9 Å². The minimum Gasteiger partial charge on any atom is -0.382 e. The van der Waals surface area contributed by atoms with Crippen LogP contribution in [0.5, 0.6) is 0 Å². The molecule has 7 rings (SSSR count). The normalized spacial score (nSPS) is 15.8. The number of sulfonamides is 2. The summed E-state index contributed by atoms with van der Waals surface area (Å²) >= 11 is 13.9. The van der Waals surface area contributed by atoms with Gasteiger partial charge in [-0.05, 0) is 104 Å². The molecular formula is C40H41Cl2F3N6O8S5. The number of halogens is 5. The van der Waals surface area contributed by atoms with Crippen LogP contribution in [0.3, 0.4) is 0 Å². The third-order valence-electron chi connectivity index (χ3n) is 9.87. The van der Waals surface area contributed by atoms with E-state index in [2.05, 4.69) is 21.3 Å². The molecule has 344 valence electrons. The highest BCUT2D eigenvalue weighted by molar-refractivity contribution is 7.92. The molecule has 4 N–H and O–H groups in total. The minimum atomic E-state index is -5.48. The zero-order valence-electron chi connectivity index (χ0n) is 33.5. The molecule has 14 nitrogen and oxygen atoms in total. The molecule has 3 aromatic carbocycles. The van der Waals surface area contributed by atoms with Gasteiger partial charge in [0.1, 0.15) is 8.42 Å². The second kappa shape index (κ2) is 21.0. The number of piperidine rings is 1. The molecule has 0 saturated carbocycles. The summed E-state index contributed by atoms with van der Waals surface area (Å²) in [6.07, 6.45) is 0.732. The van der Waals surface area contributed by atoms with E-state index in [0.717, 1.165) is 28.3 Å². The zero-order chi connectivity index (χ0) is 46.3. The molecule has 0 bridgehead atoms. The zero-order valence-corrected chi connectivity index (χ0v) is 39.1. The van der Waals surface area contributed by atoms with Gasteiger partial charge < -0.3 is 21.3 Å². The molecule has 2 saturated heterocycles. The number of amides is 2. The van der Waals surface area contributed by atoms with E-state index in [4.69, 9.17) is 23.2 Å². The van der Waals surface area contributed by atoms with E-state index in [1.54, 1.807) is 66.7 Å². The lowest BCUT2D eigenvalue weighted by atomic mass is 10.1. The number of hydrogen-bond donors (Lipinski definition) is 4. The fraction of sp³-hybridized carbons (Fsp3) is 0.300. The second-order valence-electron chi connectivity index (χ2n) is 14.3. The molecule has 2 aliphatic rings. The highest BCUT2D eigenvalue weighted by atomic mass is 35.5. The van der Waals surface area contributed by atoms with E-state index >= 15 is 0 Å². The van der Waals surface area contributed by atoms with Gasteiger partial charge in [-0.25, -0.2) is 25.3 Å². The van der Waals surface area contributed by atoms with Gasteiger partial charge >= 0.3 is 5.51 Å². The standard InChI is InChI=1S/C24H23ClF3N3O5S3.C16H18ClN3O3S2/c25-17-6-4-16(5-7-17)23(32)29-15-20-8-9-22(37-20)39(35,36)31-12-10-18(11-13-31)30-19-2-1-3-21(14-19)38(33,34)24(26,27)28;17-13-3-1-12(2-4-13)16(21)19-11-14-5-6-15(24-14)25(22,23)20-9-7-18-8-10-20/h1-9,14,18,30H,10-13,15H2,(H,29,32);1-6,18H,7-11H2,(H,19,21). The van der Waals surface area contributed by atoms with E-state index in [9.17, 15) is 48.0 Å². The van der Waals surface area contributed by atoms with Crippen LogP contribution < -0.4 is 21.3 Å². The smallest absolute Gasteiger partial charge is 0.382 e. The lowest BCUT2D eigenvalue weighted by Crippen LogP contribution is -2.46. The van der Waals surface area contributed by atoms with Crippen molar-refractivity contribution in [2.24, 2.45) is 0 Å². The van der Waals surface area contributed by atoms with Crippen molar-refractivity contribution in [3.63, 3.8) is 0 Å². The molecule has 2 fully saturated rings. The Balaban J connectivity index is 0.000000234. The number of hydrogen-bond acceptors (Lipinski definition) is 12. The van der Waals surface area contributed by atoms with E-state index in [0.29, 0.717) is 69.3 Å². The maximum Gasteiger partial charge on any atom is 0.501 e. The predicted octanol–water partition coefficient (Wildman–Crippen LogP) is 6.82. The molecule has 24 heteroatoms. The largest absolute Gasteiger partial charge is 0.501 e. The Morgan fingerprint density at radius 1 is 0.656 bits per heavy atom. The number of piperazine rings is 1. The van der Waals surface area contributed by atoms with Gasteiger partial charge in [-0.3, -0.25) is 9.59 Å². The summed E-state index contributed by atoms with van der Waals surface area (Å²) in [6, 6.07) is 23.6. The minimum absolute atomic E-state index is 0.134. The van der Waals surface area contributed by atoms with Crippen LogP contribution in [-0.2, 0) is 43.0 Å². The second-order valence-corrected chi connectivity index (χ2v) is 23.8. The summed E-state index contributed by atoms with van der Waals surface area (Å²) in [4.78, 5) is 25.0. The average molecular weight is 1020 g/mol. The van der Waals surface area contributed by atoms with E-state index in [-0.39, 0.29) is 53.9 Å². The number of nitrogens with zero attached hydrogens (tertiary/aromatic N) is 2. The Morgan fingerprint density at radius 3 is 1.56 bits per heavy atom. The van der Waals surface area contributed by atoms with Crippen molar-refractivity contribution < 1.29 is 48.0 Å². The first-order valence-corrected chi connectivity index (χ1v) is 26.1. The molecule has 0 radical (unpaired) electrons. The van der Waals surface area contributed by atoms with Crippen molar-refractivity contribution in [2.75, 3.05) is 44.6 Å². The van der Waals surface area contributed by atoms with Gasteiger partial charge in [0.05, 0.1) is 18.0 Å². The van der Waals surface area contributed by atoms with Crippen LogP contribution in [0.1, 0.15) is 43.3 Å². The lowest BCUT2D eigenvalue weighted by molar-refractivity contribution is -0.0436. The Kier molecular flexibility index (Phi) is 16.2. The number of sulfone groups is 1. The molecule has 5 aromatic rings. The summed E-state index contributed by atoms with van der Waals surface area (Å²) in [5.41, 5.74) is -4.27. The van der Waals surface area contributed by atoms with Crippen LogP contribution >= 0.6 is 45.9 Å². The van der Waals surface area contributed by atoms with Gasteiger partial charge in [0.15, 0.2) is 0 Å². The van der Waals surface area contributed by atoms with Gasteiger partial charge in [-0.1, -0.05) is 29.3 Å². The van der Waals surface area contributed by atoms with Crippen molar-refractivity contribution in [2.45, 2.75) is 50.8 Å². The quantitative estimate of drug-likeness (QED) is 0.0975. The molecule has 2 amide bonds. The monoisotopic (exact) mass is 1020 g/mol. The van der Waals surface area contributed by atoms with Crippen molar-refractivity contribution in [3.05, 3.63) is 128 Å². The van der Waals surface area contributed by atoms with Crippen LogP contribution in [0.15, 0.2) is 110 Å². The summed E-state index contributed by atoms with van der Waals surface area (Å²) < 4.78 is 117. The molecule has 4 heterocycles. The molecule has 0 unspecified atom stereocenters. The number of nitrogens with one attached hydrogen (secondary N) is 4. The fourth-order valence-corrected chi connectivity index (χ4v) is 13.3. The SMILES string of the molecule is O=C(NCc1ccc(S(=O)(=O)N2CCC(Nc3cccc(S(=O)(=O)C(F)(F)F)c3)CC2)s1)c1ccc(Cl)cc1.O=C(NCc1ccc(S(=O)(=O)N2CCNCC2)s1)c1ccc(Cl)cc1. The number of carbonyl (C=O) groups is 2. The highest BCUT2D eigenvalue weighted by Gasteiger charge is 2.47. The predicted molar refractivity (Wildman–Crippen MR) is 241 cm³/mol. The molecule has 2 aromatic heterocycles. The molecule has 0 atom stereocenters. The lowest BCUT2D eigenvalue weighted by Gasteiger charge is -2.31. The Hall–Kier alpha value is -4.10. The van der Waals surface area contributed by atoms with Crippen molar-refractivity contribution in [1.29, 1.82) is 0 Å². The van der Waals surface area contributed by atoms with Gasteiger partial charge in [-0.15, -0.1) is 22.7 Å². The summed E-state index contributed by atoms with van der Waals surface area (Å²) in [5, 5.41) is 12.7. The maximum atomic E-state index is 13.1. The average Bonchev–Trinajstić information content (AvgIpc) is 3.97. The Labute approximate surface area is 386 Å². The van der Waals surface area contributed by atoms with Gasteiger partial charge in [-0.2, -0.15) is 21.8 Å². The van der Waals surface area contributed by atoms with E-state index < -0.39 is 40.3 Å². The van der Waals surface area contributed by atoms with Crippen molar-refractivity contribution >= 4 is 93.3 Å². The molecule has 0 spiro atoms. The van der Waals surface area contributed by atoms with Crippen LogP contribution in [0.2, 0.25) is 10.0 Å².